The number of ketones is 1. The highest BCUT2D eigenvalue weighted by Gasteiger charge is 2.17. The summed E-state index contributed by atoms with van der Waals surface area (Å²) in [6.45, 7) is 1.78. The Labute approximate surface area is 116 Å². The second-order valence-electron chi connectivity index (χ2n) is 4.36. The molecule has 0 heterocycles. The largest absolute Gasteiger partial charge is 0.508 e. The number of hydrogen-bond donors (Lipinski definition) is 2. The molecule has 2 aromatic rings. The lowest BCUT2D eigenvalue weighted by Crippen LogP contribution is -2.05. The van der Waals surface area contributed by atoms with E-state index in [-0.39, 0.29) is 34.3 Å². The van der Waals surface area contributed by atoms with Crippen LogP contribution in [0, 0.1) is 6.92 Å². The molecule has 2 N–H and O–H groups in total. The lowest BCUT2D eigenvalue weighted by atomic mass is 10.0. The molecule has 0 atom stereocenters. The van der Waals surface area contributed by atoms with Gasteiger partial charge in [-0.25, -0.2) is 0 Å². The molecule has 19 heavy (non-hydrogen) atoms. The molecule has 2 aromatic carbocycles. The Morgan fingerprint density at radius 1 is 1.11 bits per heavy atom. The number of Topliss-reactive ketones (excluding diaryl/α,β-unsaturated/α-hetero) is 1. The summed E-state index contributed by atoms with van der Waals surface area (Å²) >= 11 is 6.06. The molecule has 3 nitrogen and oxygen atoms in total. The van der Waals surface area contributed by atoms with E-state index in [9.17, 15) is 15.0 Å². The molecule has 0 radical (unpaired) electrons. The smallest absolute Gasteiger partial charge is 0.172 e. The first-order valence-electron chi connectivity index (χ1n) is 5.78. The molecule has 0 aliphatic heterocycles. The SMILES string of the molecule is Cc1ccc(O)c(C(=O)Cc2ccc(O)cc2)c1Cl. The summed E-state index contributed by atoms with van der Waals surface area (Å²) in [4.78, 5) is 12.2. The average Bonchev–Trinajstić information content (AvgIpc) is 2.37. The molecule has 0 aromatic heterocycles. The van der Waals surface area contributed by atoms with Gasteiger partial charge in [-0.05, 0) is 36.2 Å². The van der Waals surface area contributed by atoms with E-state index >= 15 is 0 Å². The summed E-state index contributed by atoms with van der Waals surface area (Å²) in [6, 6.07) is 9.48. The highest BCUT2D eigenvalue weighted by Crippen LogP contribution is 2.30. The average molecular weight is 277 g/mol. The molecule has 0 fully saturated rings. The van der Waals surface area contributed by atoms with Crippen LogP contribution in [0.1, 0.15) is 21.5 Å². The minimum Gasteiger partial charge on any atom is -0.508 e. The first kappa shape index (κ1) is 13.4. The van der Waals surface area contributed by atoms with Crippen molar-refractivity contribution in [3.8, 4) is 11.5 Å². The van der Waals surface area contributed by atoms with E-state index in [0.29, 0.717) is 0 Å². The van der Waals surface area contributed by atoms with Crippen molar-refractivity contribution in [1.29, 1.82) is 0 Å². The molecule has 0 aliphatic rings. The van der Waals surface area contributed by atoms with Crippen LogP contribution in [0.15, 0.2) is 36.4 Å². The van der Waals surface area contributed by atoms with Gasteiger partial charge in [0, 0.05) is 6.42 Å². The maximum atomic E-state index is 12.2. The van der Waals surface area contributed by atoms with Gasteiger partial charge < -0.3 is 10.2 Å². The lowest BCUT2D eigenvalue weighted by molar-refractivity contribution is 0.0990. The Hall–Kier alpha value is -2.00. The molecule has 0 saturated heterocycles. The fourth-order valence-electron chi connectivity index (χ4n) is 1.82. The standard InChI is InChI=1S/C15H13ClO3/c1-9-2-7-12(18)14(15(9)16)13(19)8-10-3-5-11(17)6-4-10/h2-7,17-18H,8H2,1H3. The Balaban J connectivity index is 2.30. The Morgan fingerprint density at radius 3 is 2.37 bits per heavy atom. The first-order valence-corrected chi connectivity index (χ1v) is 6.16. The summed E-state index contributed by atoms with van der Waals surface area (Å²) in [5.74, 6) is -0.219. The van der Waals surface area contributed by atoms with E-state index in [1.54, 1.807) is 25.1 Å². The van der Waals surface area contributed by atoms with E-state index in [0.717, 1.165) is 11.1 Å². The highest BCUT2D eigenvalue weighted by atomic mass is 35.5. The molecule has 0 unspecified atom stereocenters. The van der Waals surface area contributed by atoms with E-state index in [4.69, 9.17) is 11.6 Å². The molecule has 98 valence electrons. The quantitative estimate of drug-likeness (QED) is 0.844. The Kier molecular flexibility index (Phi) is 3.76. The van der Waals surface area contributed by atoms with E-state index in [1.807, 2.05) is 0 Å². The van der Waals surface area contributed by atoms with Crippen LogP contribution in [0.5, 0.6) is 11.5 Å². The normalized spacial score (nSPS) is 10.4. The van der Waals surface area contributed by atoms with Crippen LogP contribution in [0.3, 0.4) is 0 Å². The molecule has 0 spiro atoms. The van der Waals surface area contributed by atoms with Crippen LogP contribution < -0.4 is 0 Å². The molecule has 0 aliphatic carbocycles. The summed E-state index contributed by atoms with van der Waals surface area (Å²) in [5.41, 5.74) is 1.64. The van der Waals surface area contributed by atoms with Gasteiger partial charge in [-0.3, -0.25) is 4.79 Å². The number of phenolic OH excluding ortho intramolecular Hbond substituents is 2. The number of carbonyl (C=O) groups is 1. The molecule has 0 saturated carbocycles. The van der Waals surface area contributed by atoms with Crippen molar-refractivity contribution < 1.29 is 15.0 Å². The van der Waals surface area contributed by atoms with Gasteiger partial charge >= 0.3 is 0 Å². The lowest BCUT2D eigenvalue weighted by Gasteiger charge is -2.08. The van der Waals surface area contributed by atoms with Crippen molar-refractivity contribution in [3.05, 3.63) is 58.1 Å². The summed E-state index contributed by atoms with van der Waals surface area (Å²) in [6.07, 6.45) is 0.122. The first-order chi connectivity index (χ1) is 8.99. The van der Waals surface area contributed by atoms with Crippen molar-refractivity contribution in [1.82, 2.24) is 0 Å². The van der Waals surface area contributed by atoms with Crippen molar-refractivity contribution in [2.24, 2.45) is 0 Å². The topological polar surface area (TPSA) is 57.5 Å². The fourth-order valence-corrected chi connectivity index (χ4v) is 2.09. The number of rotatable bonds is 3. The number of aryl methyl sites for hydroxylation is 1. The van der Waals surface area contributed by atoms with E-state index < -0.39 is 0 Å². The number of benzene rings is 2. The second-order valence-corrected chi connectivity index (χ2v) is 4.73. The zero-order valence-corrected chi connectivity index (χ0v) is 11.1. The zero-order chi connectivity index (χ0) is 14.0. The number of halogens is 1. The highest BCUT2D eigenvalue weighted by molar-refractivity contribution is 6.35. The van der Waals surface area contributed by atoms with Crippen LogP contribution in [-0.2, 0) is 6.42 Å². The monoisotopic (exact) mass is 276 g/mol. The van der Waals surface area contributed by atoms with Crippen LogP contribution >= 0.6 is 11.6 Å². The minimum atomic E-state index is -0.253. The second kappa shape index (κ2) is 5.33. The van der Waals surface area contributed by atoms with Crippen molar-refractivity contribution in [3.63, 3.8) is 0 Å². The molecular weight excluding hydrogens is 264 g/mol. The third kappa shape index (κ3) is 2.88. The van der Waals surface area contributed by atoms with Gasteiger partial charge in [0.25, 0.3) is 0 Å². The number of carbonyl (C=O) groups excluding carboxylic acids is 1. The molecule has 4 heteroatoms. The van der Waals surface area contributed by atoms with Crippen LogP contribution in [0.4, 0.5) is 0 Å². The maximum Gasteiger partial charge on any atom is 0.172 e. The summed E-state index contributed by atoms with van der Waals surface area (Å²) in [7, 11) is 0. The molecular formula is C15H13ClO3. The number of aromatic hydroxyl groups is 2. The van der Waals surface area contributed by atoms with Crippen LogP contribution in [0.25, 0.3) is 0 Å². The predicted molar refractivity (Wildman–Crippen MR) is 74.0 cm³/mol. The maximum absolute atomic E-state index is 12.2. The van der Waals surface area contributed by atoms with Gasteiger partial charge in [-0.2, -0.15) is 0 Å². The van der Waals surface area contributed by atoms with Crippen LogP contribution in [0.2, 0.25) is 5.02 Å². The van der Waals surface area contributed by atoms with Crippen molar-refractivity contribution in [2.75, 3.05) is 0 Å². The minimum absolute atomic E-state index is 0.112. The summed E-state index contributed by atoms with van der Waals surface area (Å²) < 4.78 is 0. The third-order valence-corrected chi connectivity index (χ3v) is 3.38. The molecule has 0 amide bonds. The molecule has 0 bridgehead atoms. The van der Waals surface area contributed by atoms with Gasteiger partial charge in [-0.1, -0.05) is 29.8 Å². The number of phenols is 2. The fraction of sp³-hybridized carbons (Fsp3) is 0.133. The van der Waals surface area contributed by atoms with E-state index in [1.165, 1.54) is 18.2 Å². The Bertz CT molecular complexity index is 618. The van der Waals surface area contributed by atoms with Crippen LogP contribution in [-0.4, -0.2) is 16.0 Å². The van der Waals surface area contributed by atoms with Crippen molar-refractivity contribution >= 4 is 17.4 Å². The summed E-state index contributed by atoms with van der Waals surface area (Å²) in [5, 5.41) is 19.2. The van der Waals surface area contributed by atoms with Gasteiger partial charge in [0.2, 0.25) is 0 Å². The Morgan fingerprint density at radius 2 is 1.74 bits per heavy atom. The van der Waals surface area contributed by atoms with Crippen molar-refractivity contribution in [2.45, 2.75) is 13.3 Å². The van der Waals surface area contributed by atoms with Gasteiger partial charge in [0.05, 0.1) is 10.6 Å². The van der Waals surface area contributed by atoms with E-state index in [2.05, 4.69) is 0 Å². The van der Waals surface area contributed by atoms with Gasteiger partial charge in [-0.15, -0.1) is 0 Å². The molecule has 2 rings (SSSR count). The van der Waals surface area contributed by atoms with Gasteiger partial charge in [0.15, 0.2) is 5.78 Å². The number of hydrogen-bond acceptors (Lipinski definition) is 3. The zero-order valence-electron chi connectivity index (χ0n) is 10.4. The van der Waals surface area contributed by atoms with Gasteiger partial charge in [0.1, 0.15) is 11.5 Å². The predicted octanol–water partition coefficient (Wildman–Crippen LogP) is 3.49. The third-order valence-electron chi connectivity index (χ3n) is 2.89.